The van der Waals surface area contributed by atoms with Crippen molar-refractivity contribution >= 4 is 28.3 Å². The molecule has 1 atom stereocenters. The number of piperidine rings is 1. The van der Waals surface area contributed by atoms with Crippen LogP contribution in [-0.4, -0.2) is 70.5 Å². The number of likely N-dealkylation sites (tertiary alicyclic amines) is 1. The van der Waals surface area contributed by atoms with Crippen LogP contribution < -0.4 is 4.74 Å². The quantitative estimate of drug-likeness (QED) is 0.293. The van der Waals surface area contributed by atoms with Gasteiger partial charge in [0, 0.05) is 35.7 Å². The molecule has 9 nitrogen and oxygen atoms in total. The number of carbonyl (C=O) groups excluding carboxylic acids is 2. The number of rotatable bonds is 8. The SMILES string of the molecule is O=C1c2cccc3cccc(c23)C(=O)N1CC1CCN(CC(O)COc2ccccc2[N+](=O)[O-])CC1. The van der Waals surface area contributed by atoms with E-state index >= 15 is 0 Å². The molecule has 2 aliphatic rings. The lowest BCUT2D eigenvalue weighted by Crippen LogP contribution is -2.46. The Labute approximate surface area is 208 Å². The number of hydrogen-bond acceptors (Lipinski definition) is 7. The molecule has 2 heterocycles. The average Bonchev–Trinajstić information content (AvgIpc) is 2.89. The molecule has 3 aromatic carbocycles. The van der Waals surface area contributed by atoms with E-state index in [0.29, 0.717) is 24.2 Å². The van der Waals surface area contributed by atoms with Gasteiger partial charge in [-0.05, 0) is 55.4 Å². The second kappa shape index (κ2) is 10.0. The molecular weight excluding hydrogens is 462 g/mol. The number of nitrogens with zero attached hydrogens (tertiary/aromatic N) is 3. The Morgan fingerprint density at radius 2 is 1.61 bits per heavy atom. The summed E-state index contributed by atoms with van der Waals surface area (Å²) in [5, 5.41) is 23.2. The highest BCUT2D eigenvalue weighted by atomic mass is 16.6. The number of carbonyl (C=O) groups is 2. The molecule has 2 amide bonds. The van der Waals surface area contributed by atoms with Crippen LogP contribution in [0.4, 0.5) is 5.69 Å². The summed E-state index contributed by atoms with van der Waals surface area (Å²) in [5.41, 5.74) is 1.01. The Hall–Kier alpha value is -3.82. The van der Waals surface area contributed by atoms with Crippen molar-refractivity contribution in [3.8, 4) is 5.75 Å². The summed E-state index contributed by atoms with van der Waals surface area (Å²) >= 11 is 0. The second-order valence-corrected chi connectivity index (χ2v) is 9.36. The molecule has 0 aromatic heterocycles. The zero-order valence-electron chi connectivity index (χ0n) is 19.7. The average molecular weight is 490 g/mol. The summed E-state index contributed by atoms with van der Waals surface area (Å²) < 4.78 is 5.50. The lowest BCUT2D eigenvalue weighted by atomic mass is 9.91. The standard InChI is InChI=1S/C27H27N3O6/c31-20(17-36-24-10-2-1-9-23(24)30(34)35)16-28-13-11-18(12-14-28)15-29-26(32)21-7-3-5-19-6-4-8-22(25(19)21)27(29)33/h1-10,18,20,31H,11-17H2. The van der Waals surface area contributed by atoms with Crippen molar-refractivity contribution in [3.05, 3.63) is 81.9 Å². The van der Waals surface area contributed by atoms with Gasteiger partial charge in [-0.25, -0.2) is 0 Å². The van der Waals surface area contributed by atoms with Gasteiger partial charge in [-0.15, -0.1) is 0 Å². The van der Waals surface area contributed by atoms with Gasteiger partial charge in [0.25, 0.3) is 11.8 Å². The molecule has 5 rings (SSSR count). The largest absolute Gasteiger partial charge is 0.484 e. The number of aliphatic hydroxyl groups is 1. The van der Waals surface area contributed by atoms with Crippen molar-refractivity contribution in [2.75, 3.05) is 32.8 Å². The van der Waals surface area contributed by atoms with Gasteiger partial charge in [-0.3, -0.25) is 24.6 Å². The first-order valence-corrected chi connectivity index (χ1v) is 12.1. The van der Waals surface area contributed by atoms with Gasteiger partial charge < -0.3 is 14.7 Å². The summed E-state index contributed by atoms with van der Waals surface area (Å²) in [6.45, 7) is 2.14. The number of nitro benzene ring substituents is 1. The molecule has 0 spiro atoms. The molecule has 186 valence electrons. The summed E-state index contributed by atoms with van der Waals surface area (Å²) in [5.74, 6) is -0.170. The Morgan fingerprint density at radius 1 is 0.972 bits per heavy atom. The molecule has 0 bridgehead atoms. The number of nitro groups is 1. The van der Waals surface area contributed by atoms with Crippen molar-refractivity contribution in [1.82, 2.24) is 9.80 Å². The number of benzene rings is 3. The van der Waals surface area contributed by atoms with Gasteiger partial charge in [0.05, 0.1) is 4.92 Å². The maximum absolute atomic E-state index is 13.2. The van der Waals surface area contributed by atoms with Crippen molar-refractivity contribution in [2.45, 2.75) is 18.9 Å². The third kappa shape index (κ3) is 4.67. The van der Waals surface area contributed by atoms with Crippen molar-refractivity contribution in [2.24, 2.45) is 5.92 Å². The fourth-order valence-electron chi connectivity index (χ4n) is 5.12. The predicted octanol–water partition coefficient (Wildman–Crippen LogP) is 3.50. The second-order valence-electron chi connectivity index (χ2n) is 9.36. The molecule has 0 aliphatic carbocycles. The molecule has 1 unspecified atom stereocenters. The fraction of sp³-hybridized carbons (Fsp3) is 0.333. The number of imide groups is 1. The maximum Gasteiger partial charge on any atom is 0.310 e. The van der Waals surface area contributed by atoms with Crippen molar-refractivity contribution < 1.29 is 24.4 Å². The van der Waals surface area contributed by atoms with E-state index in [9.17, 15) is 24.8 Å². The molecular formula is C27H27N3O6. The van der Waals surface area contributed by atoms with Gasteiger partial charge >= 0.3 is 5.69 Å². The number of hydrogen-bond donors (Lipinski definition) is 1. The first kappa shape index (κ1) is 23.9. The highest BCUT2D eigenvalue weighted by Gasteiger charge is 2.35. The molecule has 3 aromatic rings. The number of amides is 2. The van der Waals surface area contributed by atoms with E-state index in [-0.39, 0.29) is 35.8 Å². The Balaban J connectivity index is 1.14. The molecule has 0 radical (unpaired) electrons. The Morgan fingerprint density at radius 3 is 2.25 bits per heavy atom. The van der Waals surface area contributed by atoms with E-state index in [1.807, 2.05) is 24.3 Å². The van der Waals surface area contributed by atoms with Gasteiger partial charge in [-0.1, -0.05) is 36.4 Å². The lowest BCUT2D eigenvalue weighted by Gasteiger charge is -2.36. The van der Waals surface area contributed by atoms with E-state index in [0.717, 1.165) is 36.7 Å². The van der Waals surface area contributed by atoms with Crippen LogP contribution in [0.15, 0.2) is 60.7 Å². The monoisotopic (exact) mass is 489 g/mol. The summed E-state index contributed by atoms with van der Waals surface area (Å²) in [4.78, 5) is 40.4. The van der Waals surface area contributed by atoms with Crippen LogP contribution in [0.25, 0.3) is 10.8 Å². The minimum Gasteiger partial charge on any atom is -0.484 e. The first-order valence-electron chi connectivity index (χ1n) is 12.1. The number of ether oxygens (including phenoxy) is 1. The maximum atomic E-state index is 13.2. The lowest BCUT2D eigenvalue weighted by molar-refractivity contribution is -0.385. The Kier molecular flexibility index (Phi) is 6.67. The summed E-state index contributed by atoms with van der Waals surface area (Å²) in [7, 11) is 0. The first-order chi connectivity index (χ1) is 17.4. The van der Waals surface area contributed by atoms with Crippen LogP contribution >= 0.6 is 0 Å². The van der Waals surface area contributed by atoms with Crippen LogP contribution in [0, 0.1) is 16.0 Å². The zero-order valence-corrected chi connectivity index (χ0v) is 19.7. The van der Waals surface area contributed by atoms with E-state index in [1.54, 1.807) is 24.3 Å². The zero-order chi connectivity index (χ0) is 25.2. The van der Waals surface area contributed by atoms with E-state index < -0.39 is 11.0 Å². The van der Waals surface area contributed by atoms with Crippen LogP contribution in [0.3, 0.4) is 0 Å². The summed E-state index contributed by atoms with van der Waals surface area (Å²) in [6.07, 6.45) is 0.782. The van der Waals surface area contributed by atoms with Gasteiger partial charge in [0.1, 0.15) is 12.7 Å². The van der Waals surface area contributed by atoms with Crippen LogP contribution in [0.1, 0.15) is 33.6 Å². The van der Waals surface area contributed by atoms with Crippen molar-refractivity contribution in [1.29, 1.82) is 0 Å². The molecule has 9 heteroatoms. The summed E-state index contributed by atoms with van der Waals surface area (Å²) in [6, 6.07) is 17.2. The number of β-amino-alcohol motifs (C(OH)–C–C–N with tert-alkyl or cyclic N) is 1. The minimum atomic E-state index is -0.802. The Bertz CT molecular complexity index is 1270. The normalized spacial score (nSPS) is 17.4. The highest BCUT2D eigenvalue weighted by molar-refractivity contribution is 6.25. The number of para-hydroxylation sites is 2. The minimum absolute atomic E-state index is 0.0491. The molecule has 1 saturated heterocycles. The number of aliphatic hydroxyl groups excluding tert-OH is 1. The highest BCUT2D eigenvalue weighted by Crippen LogP contribution is 2.31. The van der Waals surface area contributed by atoms with Crippen LogP contribution in [-0.2, 0) is 0 Å². The van der Waals surface area contributed by atoms with E-state index in [1.165, 1.54) is 17.0 Å². The van der Waals surface area contributed by atoms with Gasteiger partial charge in [0.15, 0.2) is 5.75 Å². The molecule has 1 fully saturated rings. The topological polar surface area (TPSA) is 113 Å². The molecule has 0 saturated carbocycles. The van der Waals surface area contributed by atoms with E-state index in [2.05, 4.69) is 4.90 Å². The third-order valence-corrected chi connectivity index (χ3v) is 6.97. The van der Waals surface area contributed by atoms with Crippen molar-refractivity contribution in [3.63, 3.8) is 0 Å². The molecule has 1 N–H and O–H groups in total. The van der Waals surface area contributed by atoms with Crippen LogP contribution in [0.5, 0.6) is 5.75 Å². The van der Waals surface area contributed by atoms with E-state index in [4.69, 9.17) is 4.74 Å². The van der Waals surface area contributed by atoms with Gasteiger partial charge in [-0.2, -0.15) is 0 Å². The third-order valence-electron chi connectivity index (χ3n) is 6.97. The molecule has 36 heavy (non-hydrogen) atoms. The molecule has 2 aliphatic heterocycles. The van der Waals surface area contributed by atoms with Crippen LogP contribution in [0.2, 0.25) is 0 Å². The van der Waals surface area contributed by atoms with Gasteiger partial charge in [0.2, 0.25) is 0 Å². The fourth-order valence-corrected chi connectivity index (χ4v) is 5.12. The predicted molar refractivity (Wildman–Crippen MR) is 133 cm³/mol. The smallest absolute Gasteiger partial charge is 0.310 e.